The second kappa shape index (κ2) is 5.00. The van der Waals surface area contributed by atoms with E-state index in [1.54, 1.807) is 6.08 Å². The molecule has 0 spiro atoms. The third-order valence-electron chi connectivity index (χ3n) is 2.26. The summed E-state index contributed by atoms with van der Waals surface area (Å²) in [6, 6.07) is 0. The molecule has 0 bridgehead atoms. The molecule has 1 nitrogen and oxygen atoms in total. The summed E-state index contributed by atoms with van der Waals surface area (Å²) >= 11 is 0. The molecule has 12 heavy (non-hydrogen) atoms. The fourth-order valence-electron chi connectivity index (χ4n) is 1.54. The van der Waals surface area contributed by atoms with Crippen molar-refractivity contribution in [3.05, 3.63) is 12.7 Å². The number of hydrogen-bond donors (Lipinski definition) is 1. The smallest absolute Gasteiger partial charge is 0.0677 e. The van der Waals surface area contributed by atoms with Gasteiger partial charge in [0.25, 0.3) is 0 Å². The molecule has 1 N–H and O–H groups in total. The van der Waals surface area contributed by atoms with Gasteiger partial charge in [-0.2, -0.15) is 0 Å². The van der Waals surface area contributed by atoms with Crippen LogP contribution in [0, 0.1) is 17.8 Å². The van der Waals surface area contributed by atoms with Crippen molar-refractivity contribution in [2.75, 3.05) is 0 Å². The summed E-state index contributed by atoms with van der Waals surface area (Å²) in [5, 5.41) is 9.54. The Morgan fingerprint density at radius 1 is 1.42 bits per heavy atom. The van der Waals surface area contributed by atoms with Crippen LogP contribution in [0.5, 0.6) is 0 Å². The maximum atomic E-state index is 9.54. The van der Waals surface area contributed by atoms with Crippen LogP contribution in [0.1, 0.15) is 32.1 Å². The van der Waals surface area contributed by atoms with Crippen LogP contribution in [0.15, 0.2) is 12.7 Å². The van der Waals surface area contributed by atoms with Gasteiger partial charge in [-0.05, 0) is 12.8 Å². The van der Waals surface area contributed by atoms with E-state index in [-0.39, 0.29) is 12.0 Å². The average molecular weight is 164 g/mol. The summed E-state index contributed by atoms with van der Waals surface area (Å²) in [5.74, 6) is 6.33. The largest absolute Gasteiger partial charge is 0.392 e. The van der Waals surface area contributed by atoms with Gasteiger partial charge in [-0.25, -0.2) is 0 Å². The van der Waals surface area contributed by atoms with Crippen LogP contribution < -0.4 is 0 Å². The Bertz CT molecular complexity index is 197. The fourth-order valence-corrected chi connectivity index (χ4v) is 1.54. The summed E-state index contributed by atoms with van der Waals surface area (Å²) < 4.78 is 0. The average Bonchev–Trinajstić information content (AvgIpc) is 2.09. The zero-order valence-corrected chi connectivity index (χ0v) is 7.42. The second-order valence-corrected chi connectivity index (χ2v) is 3.27. The third kappa shape index (κ3) is 2.71. The van der Waals surface area contributed by atoms with Gasteiger partial charge in [0.1, 0.15) is 0 Å². The molecule has 66 valence electrons. The Balaban J connectivity index is 2.39. The summed E-state index contributed by atoms with van der Waals surface area (Å²) in [4.78, 5) is 0. The molecular weight excluding hydrogens is 148 g/mol. The van der Waals surface area contributed by atoms with E-state index in [2.05, 4.69) is 18.4 Å². The molecule has 0 aromatic heterocycles. The van der Waals surface area contributed by atoms with Gasteiger partial charge < -0.3 is 5.11 Å². The molecule has 0 saturated heterocycles. The molecular formula is C11H16O. The van der Waals surface area contributed by atoms with Gasteiger partial charge in [0.15, 0.2) is 0 Å². The zero-order valence-electron chi connectivity index (χ0n) is 7.42. The van der Waals surface area contributed by atoms with Crippen LogP contribution in [0.3, 0.4) is 0 Å². The molecule has 0 amide bonds. The predicted molar refractivity (Wildman–Crippen MR) is 50.6 cm³/mol. The lowest BCUT2D eigenvalue weighted by atomic mass is 9.87. The van der Waals surface area contributed by atoms with Gasteiger partial charge in [-0.1, -0.05) is 30.8 Å². The molecule has 1 aliphatic carbocycles. The molecule has 0 aliphatic heterocycles. The lowest BCUT2D eigenvalue weighted by Gasteiger charge is -2.22. The van der Waals surface area contributed by atoms with Crippen molar-refractivity contribution in [1.82, 2.24) is 0 Å². The zero-order chi connectivity index (χ0) is 8.81. The molecule has 0 radical (unpaired) electrons. The molecule has 2 atom stereocenters. The van der Waals surface area contributed by atoms with Gasteiger partial charge in [0, 0.05) is 12.3 Å². The van der Waals surface area contributed by atoms with Crippen molar-refractivity contribution in [2.24, 2.45) is 5.92 Å². The van der Waals surface area contributed by atoms with Gasteiger partial charge in [-0.3, -0.25) is 0 Å². The highest BCUT2D eigenvalue weighted by atomic mass is 16.3. The highest BCUT2D eigenvalue weighted by Crippen LogP contribution is 2.23. The SMILES string of the molecule is C=CCC#CC1CCCCC1O. The monoisotopic (exact) mass is 164 g/mol. The van der Waals surface area contributed by atoms with Gasteiger partial charge in [0.05, 0.1) is 6.10 Å². The van der Waals surface area contributed by atoms with Crippen LogP contribution in [-0.2, 0) is 0 Å². The van der Waals surface area contributed by atoms with Crippen molar-refractivity contribution in [3.63, 3.8) is 0 Å². The van der Waals surface area contributed by atoms with Crippen molar-refractivity contribution >= 4 is 0 Å². The minimum absolute atomic E-state index is 0.184. The maximum absolute atomic E-state index is 9.54. The quantitative estimate of drug-likeness (QED) is 0.465. The molecule has 0 aromatic rings. The van der Waals surface area contributed by atoms with E-state index in [0.29, 0.717) is 0 Å². The molecule has 0 heterocycles. The highest BCUT2D eigenvalue weighted by Gasteiger charge is 2.20. The Labute approximate surface area is 74.5 Å². The highest BCUT2D eigenvalue weighted by molar-refractivity contribution is 5.09. The lowest BCUT2D eigenvalue weighted by molar-refractivity contribution is 0.0970. The minimum Gasteiger partial charge on any atom is -0.392 e. The first kappa shape index (κ1) is 9.35. The minimum atomic E-state index is -0.184. The Morgan fingerprint density at radius 2 is 2.17 bits per heavy atom. The van der Waals surface area contributed by atoms with Crippen molar-refractivity contribution < 1.29 is 5.11 Å². The topological polar surface area (TPSA) is 20.2 Å². The van der Waals surface area contributed by atoms with Crippen molar-refractivity contribution in [1.29, 1.82) is 0 Å². The van der Waals surface area contributed by atoms with E-state index in [9.17, 15) is 5.11 Å². The first-order valence-corrected chi connectivity index (χ1v) is 4.62. The Kier molecular flexibility index (Phi) is 3.90. The summed E-state index contributed by atoms with van der Waals surface area (Å²) in [5.41, 5.74) is 0. The van der Waals surface area contributed by atoms with Gasteiger partial charge >= 0.3 is 0 Å². The third-order valence-corrected chi connectivity index (χ3v) is 2.26. The Hall–Kier alpha value is -0.740. The number of rotatable bonds is 1. The molecule has 1 aliphatic rings. The second-order valence-electron chi connectivity index (χ2n) is 3.27. The number of allylic oxidation sites excluding steroid dienone is 1. The molecule has 0 aromatic carbocycles. The van der Waals surface area contributed by atoms with E-state index in [1.807, 2.05) is 0 Å². The van der Waals surface area contributed by atoms with Gasteiger partial charge in [0.2, 0.25) is 0 Å². The molecule has 1 saturated carbocycles. The maximum Gasteiger partial charge on any atom is 0.0677 e. The fraction of sp³-hybridized carbons (Fsp3) is 0.636. The van der Waals surface area contributed by atoms with E-state index >= 15 is 0 Å². The van der Waals surface area contributed by atoms with Crippen LogP contribution in [0.2, 0.25) is 0 Å². The first-order chi connectivity index (χ1) is 5.84. The van der Waals surface area contributed by atoms with E-state index < -0.39 is 0 Å². The number of hydrogen-bond acceptors (Lipinski definition) is 1. The van der Waals surface area contributed by atoms with Crippen LogP contribution in [0.25, 0.3) is 0 Å². The Morgan fingerprint density at radius 3 is 2.83 bits per heavy atom. The molecule has 2 unspecified atom stereocenters. The standard InChI is InChI=1S/C11H16O/c1-2-3-4-7-10-8-5-6-9-11(10)12/h2,10-12H,1,3,5-6,8-9H2. The lowest BCUT2D eigenvalue weighted by Crippen LogP contribution is -2.22. The van der Waals surface area contributed by atoms with Gasteiger partial charge in [-0.15, -0.1) is 6.58 Å². The molecule has 1 fully saturated rings. The summed E-state index contributed by atoms with van der Waals surface area (Å²) in [6.07, 6.45) is 6.70. The summed E-state index contributed by atoms with van der Waals surface area (Å²) in [7, 11) is 0. The predicted octanol–water partition coefficient (Wildman–Crippen LogP) is 2.12. The van der Waals surface area contributed by atoms with Crippen LogP contribution in [0.4, 0.5) is 0 Å². The van der Waals surface area contributed by atoms with Crippen molar-refractivity contribution in [2.45, 2.75) is 38.2 Å². The number of aliphatic hydroxyl groups excluding tert-OH is 1. The molecule has 1 heteroatoms. The summed E-state index contributed by atoms with van der Waals surface area (Å²) in [6.45, 7) is 3.60. The van der Waals surface area contributed by atoms with Crippen LogP contribution in [-0.4, -0.2) is 11.2 Å². The number of aliphatic hydroxyl groups is 1. The normalized spacial score (nSPS) is 28.8. The van der Waals surface area contributed by atoms with E-state index in [0.717, 1.165) is 25.7 Å². The first-order valence-electron chi connectivity index (χ1n) is 4.62. The van der Waals surface area contributed by atoms with E-state index in [4.69, 9.17) is 0 Å². The van der Waals surface area contributed by atoms with Crippen molar-refractivity contribution in [3.8, 4) is 11.8 Å². The van der Waals surface area contributed by atoms with E-state index in [1.165, 1.54) is 6.42 Å². The molecule has 1 rings (SSSR count). The van der Waals surface area contributed by atoms with Crippen LogP contribution >= 0.6 is 0 Å².